The average Bonchev–Trinajstić information content (AvgIpc) is 2.48. The highest BCUT2D eigenvalue weighted by atomic mass is 35.5. The van der Waals surface area contributed by atoms with Crippen molar-refractivity contribution in [2.75, 3.05) is 7.11 Å². The van der Waals surface area contributed by atoms with E-state index in [1.807, 2.05) is 0 Å². The second kappa shape index (κ2) is 6.62. The van der Waals surface area contributed by atoms with Crippen molar-refractivity contribution in [3.63, 3.8) is 0 Å². The Bertz CT molecular complexity index is 684. The first-order valence-corrected chi connectivity index (χ1v) is 7.23. The fourth-order valence-corrected chi connectivity index (χ4v) is 2.73. The van der Waals surface area contributed by atoms with Gasteiger partial charge in [-0.1, -0.05) is 23.4 Å². The molecule has 0 aliphatic rings. The molecule has 0 radical (unpaired) electrons. The Morgan fingerprint density at radius 3 is 2.23 bits per heavy atom. The van der Waals surface area contributed by atoms with Gasteiger partial charge in [0.1, 0.15) is 0 Å². The fourth-order valence-electron chi connectivity index (χ4n) is 1.75. The third-order valence-electron chi connectivity index (χ3n) is 2.75. The van der Waals surface area contributed by atoms with Crippen LogP contribution in [0.5, 0.6) is 0 Å². The first-order valence-electron chi connectivity index (χ1n) is 6.04. The minimum absolute atomic E-state index is 0.363. The molecule has 0 spiro atoms. The van der Waals surface area contributed by atoms with Gasteiger partial charge in [-0.2, -0.15) is 13.2 Å². The summed E-state index contributed by atoms with van der Waals surface area (Å²) in [6.07, 6.45) is -4.64. The molecule has 0 bridgehead atoms. The summed E-state index contributed by atoms with van der Waals surface area (Å²) in [4.78, 5) is 12.5. The number of carbonyl (C=O) groups excluding carboxylic acids is 1. The van der Waals surface area contributed by atoms with Crippen molar-refractivity contribution in [3.05, 3.63) is 58.6 Å². The normalized spacial score (nSPS) is 11.3. The summed E-state index contributed by atoms with van der Waals surface area (Å²) < 4.78 is 43.6. The van der Waals surface area contributed by atoms with Crippen LogP contribution in [0, 0.1) is 0 Å². The van der Waals surface area contributed by atoms with Gasteiger partial charge in [-0.3, -0.25) is 0 Å². The van der Waals surface area contributed by atoms with Gasteiger partial charge in [0.15, 0.2) is 0 Å². The van der Waals surface area contributed by atoms with Gasteiger partial charge >= 0.3 is 12.1 Å². The molecular formula is C15H10ClF3O2S. The molecule has 2 rings (SSSR count). The molecule has 0 unspecified atom stereocenters. The van der Waals surface area contributed by atoms with Crippen LogP contribution in [0.25, 0.3) is 0 Å². The van der Waals surface area contributed by atoms with Crippen LogP contribution in [0.2, 0.25) is 5.02 Å². The number of rotatable bonds is 3. The van der Waals surface area contributed by atoms with Gasteiger partial charge in [-0.15, -0.1) is 0 Å². The molecule has 2 aromatic rings. The van der Waals surface area contributed by atoms with Crippen LogP contribution in [0.4, 0.5) is 13.2 Å². The van der Waals surface area contributed by atoms with E-state index in [9.17, 15) is 18.0 Å². The Morgan fingerprint density at radius 2 is 1.68 bits per heavy atom. The molecule has 2 nitrogen and oxygen atoms in total. The number of benzene rings is 2. The minimum atomic E-state index is -4.64. The van der Waals surface area contributed by atoms with Gasteiger partial charge in [0.2, 0.25) is 0 Å². The number of hydrogen-bond acceptors (Lipinski definition) is 3. The number of ether oxygens (including phenoxy) is 1. The SMILES string of the molecule is COC(=O)c1ccc(Sc2ccc(Cl)cc2)cc1C(F)(F)F. The molecule has 0 saturated heterocycles. The lowest BCUT2D eigenvalue weighted by atomic mass is 10.1. The van der Waals surface area contributed by atoms with Gasteiger partial charge < -0.3 is 4.74 Å². The number of hydrogen-bond donors (Lipinski definition) is 0. The predicted molar refractivity (Wildman–Crippen MR) is 78.4 cm³/mol. The van der Waals surface area contributed by atoms with Crippen LogP contribution in [0.3, 0.4) is 0 Å². The van der Waals surface area contributed by atoms with E-state index < -0.39 is 23.3 Å². The molecule has 116 valence electrons. The predicted octanol–water partition coefficient (Wildman–Crippen LogP) is 5.30. The van der Waals surface area contributed by atoms with Crippen molar-refractivity contribution < 1.29 is 22.7 Å². The Morgan fingerprint density at radius 1 is 1.09 bits per heavy atom. The molecular weight excluding hydrogens is 337 g/mol. The highest BCUT2D eigenvalue weighted by molar-refractivity contribution is 7.99. The molecule has 0 N–H and O–H groups in total. The highest BCUT2D eigenvalue weighted by Gasteiger charge is 2.35. The van der Waals surface area contributed by atoms with E-state index in [0.29, 0.717) is 9.92 Å². The summed E-state index contributed by atoms with van der Waals surface area (Å²) >= 11 is 6.91. The summed E-state index contributed by atoms with van der Waals surface area (Å²) in [7, 11) is 1.04. The van der Waals surface area contributed by atoms with Gasteiger partial charge in [0.25, 0.3) is 0 Å². The molecule has 0 amide bonds. The zero-order chi connectivity index (χ0) is 16.3. The molecule has 0 aliphatic carbocycles. The van der Waals surface area contributed by atoms with Crippen molar-refractivity contribution in [1.29, 1.82) is 0 Å². The van der Waals surface area contributed by atoms with Crippen molar-refractivity contribution in [1.82, 2.24) is 0 Å². The smallest absolute Gasteiger partial charge is 0.417 e. The first kappa shape index (κ1) is 16.7. The van der Waals surface area contributed by atoms with Crippen LogP contribution < -0.4 is 0 Å². The summed E-state index contributed by atoms with van der Waals surface area (Å²) in [5, 5.41) is 0.543. The number of esters is 1. The largest absolute Gasteiger partial charge is 0.465 e. The van der Waals surface area contributed by atoms with E-state index in [-0.39, 0.29) is 0 Å². The Balaban J connectivity index is 2.38. The molecule has 0 heterocycles. The van der Waals surface area contributed by atoms with Crippen molar-refractivity contribution in [3.8, 4) is 0 Å². The zero-order valence-corrected chi connectivity index (χ0v) is 12.9. The van der Waals surface area contributed by atoms with Gasteiger partial charge in [0, 0.05) is 14.8 Å². The number of methoxy groups -OCH3 is 1. The molecule has 22 heavy (non-hydrogen) atoms. The molecule has 0 aliphatic heterocycles. The maximum atomic E-state index is 13.1. The van der Waals surface area contributed by atoms with Crippen molar-refractivity contribution in [2.45, 2.75) is 16.0 Å². The van der Waals surface area contributed by atoms with Gasteiger partial charge in [0.05, 0.1) is 18.2 Å². The zero-order valence-electron chi connectivity index (χ0n) is 11.3. The number of alkyl halides is 3. The summed E-state index contributed by atoms with van der Waals surface area (Å²) in [6, 6.07) is 10.2. The lowest BCUT2D eigenvalue weighted by molar-refractivity contribution is -0.138. The van der Waals surface area contributed by atoms with E-state index in [1.165, 1.54) is 6.07 Å². The lowest BCUT2D eigenvalue weighted by Crippen LogP contribution is -2.14. The molecule has 2 aromatic carbocycles. The lowest BCUT2D eigenvalue weighted by Gasteiger charge is -2.13. The standard InChI is InChI=1S/C15H10ClF3O2S/c1-21-14(20)12-7-6-11(8-13(12)15(17,18)19)22-10-4-2-9(16)3-5-10/h2-8H,1H3. The van der Waals surface area contributed by atoms with Crippen molar-refractivity contribution >= 4 is 29.3 Å². The topological polar surface area (TPSA) is 26.3 Å². The number of halogens is 4. The maximum Gasteiger partial charge on any atom is 0.417 e. The Hall–Kier alpha value is -1.66. The van der Waals surface area contributed by atoms with Crippen LogP contribution >= 0.6 is 23.4 Å². The Labute approximate surface area is 134 Å². The summed E-state index contributed by atoms with van der Waals surface area (Å²) in [5.74, 6) is -1.02. The molecule has 0 atom stereocenters. The van der Waals surface area contributed by atoms with Crippen molar-refractivity contribution in [2.24, 2.45) is 0 Å². The van der Waals surface area contributed by atoms with E-state index in [0.717, 1.165) is 35.9 Å². The van der Waals surface area contributed by atoms with Crippen LogP contribution in [0.1, 0.15) is 15.9 Å². The second-order valence-electron chi connectivity index (χ2n) is 4.25. The molecule has 0 fully saturated rings. The van der Waals surface area contributed by atoms with E-state index >= 15 is 0 Å². The van der Waals surface area contributed by atoms with Gasteiger partial charge in [-0.25, -0.2) is 4.79 Å². The van der Waals surface area contributed by atoms with E-state index in [2.05, 4.69) is 4.74 Å². The van der Waals surface area contributed by atoms with Gasteiger partial charge in [-0.05, 0) is 42.5 Å². The van der Waals surface area contributed by atoms with E-state index in [4.69, 9.17) is 11.6 Å². The first-order chi connectivity index (χ1) is 10.3. The fraction of sp³-hybridized carbons (Fsp3) is 0.133. The molecule has 0 aromatic heterocycles. The third-order valence-corrected chi connectivity index (χ3v) is 4.00. The summed E-state index contributed by atoms with van der Waals surface area (Å²) in [6.45, 7) is 0. The average molecular weight is 347 g/mol. The molecule has 0 saturated carbocycles. The minimum Gasteiger partial charge on any atom is -0.465 e. The quantitative estimate of drug-likeness (QED) is 0.706. The van der Waals surface area contributed by atoms with Crippen LogP contribution in [-0.2, 0) is 10.9 Å². The molecule has 7 heteroatoms. The third kappa shape index (κ3) is 3.96. The second-order valence-corrected chi connectivity index (χ2v) is 5.84. The summed E-state index contributed by atoms with van der Waals surface area (Å²) in [5.41, 5.74) is -1.52. The number of carbonyl (C=O) groups is 1. The maximum absolute atomic E-state index is 13.1. The monoisotopic (exact) mass is 346 g/mol. The van der Waals surface area contributed by atoms with Crippen LogP contribution in [0.15, 0.2) is 52.3 Å². The van der Waals surface area contributed by atoms with Crippen LogP contribution in [-0.4, -0.2) is 13.1 Å². The Kier molecular flexibility index (Phi) is 5.03. The highest BCUT2D eigenvalue weighted by Crippen LogP contribution is 2.37. The van der Waals surface area contributed by atoms with E-state index in [1.54, 1.807) is 24.3 Å².